The third-order valence-electron chi connectivity index (χ3n) is 2.44. The number of thiazole rings is 1. The number of anilines is 1. The minimum atomic E-state index is 0.739. The maximum Gasteiger partial charge on any atom is 0.183 e. The molecule has 0 saturated heterocycles. The van der Waals surface area contributed by atoms with Crippen molar-refractivity contribution in [1.29, 1.82) is 0 Å². The third kappa shape index (κ3) is 2.58. The van der Waals surface area contributed by atoms with E-state index >= 15 is 0 Å². The van der Waals surface area contributed by atoms with Gasteiger partial charge in [0.2, 0.25) is 0 Å². The second-order valence-electron chi connectivity index (χ2n) is 3.62. The fraction of sp³-hybridized carbons (Fsp3) is 0.333. The SMILES string of the molecule is CCc1csc(NCc2ncccc2C)n1. The van der Waals surface area contributed by atoms with Crippen LogP contribution in [0.3, 0.4) is 0 Å². The summed E-state index contributed by atoms with van der Waals surface area (Å²) < 4.78 is 0. The predicted molar refractivity (Wildman–Crippen MR) is 67.8 cm³/mol. The largest absolute Gasteiger partial charge is 0.356 e. The van der Waals surface area contributed by atoms with Gasteiger partial charge in [0, 0.05) is 11.6 Å². The van der Waals surface area contributed by atoms with Gasteiger partial charge in [0.05, 0.1) is 17.9 Å². The first-order chi connectivity index (χ1) is 7.79. The Labute approximate surface area is 99.6 Å². The summed E-state index contributed by atoms with van der Waals surface area (Å²) in [6.07, 6.45) is 2.81. The fourth-order valence-electron chi connectivity index (χ4n) is 1.41. The van der Waals surface area contributed by atoms with Crippen LogP contribution in [0.1, 0.15) is 23.9 Å². The molecule has 0 aliphatic rings. The zero-order chi connectivity index (χ0) is 11.4. The monoisotopic (exact) mass is 233 g/mol. The summed E-state index contributed by atoms with van der Waals surface area (Å²) >= 11 is 1.65. The highest BCUT2D eigenvalue weighted by atomic mass is 32.1. The molecule has 0 bridgehead atoms. The Morgan fingerprint density at radius 3 is 3.00 bits per heavy atom. The molecule has 84 valence electrons. The van der Waals surface area contributed by atoms with Crippen molar-refractivity contribution in [2.45, 2.75) is 26.8 Å². The zero-order valence-corrected chi connectivity index (χ0v) is 10.3. The highest BCUT2D eigenvalue weighted by molar-refractivity contribution is 7.13. The molecule has 2 heterocycles. The molecule has 0 aliphatic carbocycles. The van der Waals surface area contributed by atoms with Crippen LogP contribution in [-0.2, 0) is 13.0 Å². The number of pyridine rings is 1. The molecule has 0 atom stereocenters. The van der Waals surface area contributed by atoms with Gasteiger partial charge in [-0.3, -0.25) is 4.98 Å². The van der Waals surface area contributed by atoms with E-state index in [9.17, 15) is 0 Å². The van der Waals surface area contributed by atoms with E-state index in [2.05, 4.69) is 40.6 Å². The zero-order valence-electron chi connectivity index (χ0n) is 9.53. The van der Waals surface area contributed by atoms with E-state index in [1.165, 1.54) is 5.56 Å². The smallest absolute Gasteiger partial charge is 0.183 e. The summed E-state index contributed by atoms with van der Waals surface area (Å²) in [4.78, 5) is 8.79. The minimum Gasteiger partial charge on any atom is -0.356 e. The molecule has 16 heavy (non-hydrogen) atoms. The summed E-state index contributed by atoms with van der Waals surface area (Å²) in [5.41, 5.74) is 3.43. The maximum atomic E-state index is 4.45. The average molecular weight is 233 g/mol. The Morgan fingerprint density at radius 1 is 1.44 bits per heavy atom. The molecule has 0 spiro atoms. The molecule has 3 nitrogen and oxygen atoms in total. The summed E-state index contributed by atoms with van der Waals surface area (Å²) in [6, 6.07) is 4.03. The number of hydrogen-bond acceptors (Lipinski definition) is 4. The molecule has 0 radical (unpaired) electrons. The third-order valence-corrected chi connectivity index (χ3v) is 3.29. The molecule has 0 fully saturated rings. The number of aromatic nitrogens is 2. The minimum absolute atomic E-state index is 0.739. The lowest BCUT2D eigenvalue weighted by Crippen LogP contribution is -2.03. The second kappa shape index (κ2) is 5.07. The van der Waals surface area contributed by atoms with E-state index < -0.39 is 0 Å². The van der Waals surface area contributed by atoms with E-state index in [-0.39, 0.29) is 0 Å². The van der Waals surface area contributed by atoms with Crippen LogP contribution in [-0.4, -0.2) is 9.97 Å². The Bertz CT molecular complexity index is 465. The van der Waals surface area contributed by atoms with Gasteiger partial charge >= 0.3 is 0 Å². The van der Waals surface area contributed by atoms with Gasteiger partial charge < -0.3 is 5.32 Å². The van der Waals surface area contributed by atoms with Crippen LogP contribution in [0.2, 0.25) is 0 Å². The lowest BCUT2D eigenvalue weighted by atomic mass is 10.2. The number of aryl methyl sites for hydroxylation is 2. The maximum absolute atomic E-state index is 4.45. The van der Waals surface area contributed by atoms with Crippen LogP contribution in [0.25, 0.3) is 0 Å². The number of nitrogens with one attached hydrogen (secondary N) is 1. The van der Waals surface area contributed by atoms with Crippen LogP contribution in [0.4, 0.5) is 5.13 Å². The predicted octanol–water partition coefficient (Wildman–Crippen LogP) is 3.02. The van der Waals surface area contributed by atoms with Gasteiger partial charge in [-0.15, -0.1) is 11.3 Å². The highest BCUT2D eigenvalue weighted by Crippen LogP contribution is 2.16. The Hall–Kier alpha value is -1.42. The van der Waals surface area contributed by atoms with E-state index in [1.54, 1.807) is 11.3 Å². The standard InChI is InChI=1S/C12H15N3S/c1-3-10-8-16-12(15-10)14-7-11-9(2)5-4-6-13-11/h4-6,8H,3,7H2,1-2H3,(H,14,15). The topological polar surface area (TPSA) is 37.8 Å². The van der Waals surface area contributed by atoms with Gasteiger partial charge in [0.15, 0.2) is 5.13 Å². The van der Waals surface area contributed by atoms with E-state index in [4.69, 9.17) is 0 Å². The molecule has 0 unspecified atom stereocenters. The van der Waals surface area contributed by atoms with Crippen LogP contribution >= 0.6 is 11.3 Å². The van der Waals surface area contributed by atoms with Crippen molar-refractivity contribution >= 4 is 16.5 Å². The molecule has 0 saturated carbocycles. The second-order valence-corrected chi connectivity index (χ2v) is 4.48. The van der Waals surface area contributed by atoms with Gasteiger partial charge in [0.1, 0.15) is 0 Å². The lowest BCUT2D eigenvalue weighted by Gasteiger charge is -2.04. The lowest BCUT2D eigenvalue weighted by molar-refractivity contribution is 1.00. The van der Waals surface area contributed by atoms with Gasteiger partial charge in [-0.05, 0) is 25.0 Å². The van der Waals surface area contributed by atoms with Crippen molar-refractivity contribution in [3.8, 4) is 0 Å². The van der Waals surface area contributed by atoms with Gasteiger partial charge in [-0.2, -0.15) is 0 Å². The molecule has 0 aromatic carbocycles. The van der Waals surface area contributed by atoms with Crippen LogP contribution in [0, 0.1) is 6.92 Å². The van der Waals surface area contributed by atoms with Crippen molar-refractivity contribution in [3.63, 3.8) is 0 Å². The average Bonchev–Trinajstić information content (AvgIpc) is 2.76. The van der Waals surface area contributed by atoms with Crippen LogP contribution in [0.5, 0.6) is 0 Å². The van der Waals surface area contributed by atoms with Crippen molar-refractivity contribution in [1.82, 2.24) is 9.97 Å². The Kier molecular flexibility index (Phi) is 3.51. The molecule has 2 aromatic heterocycles. The van der Waals surface area contributed by atoms with Gasteiger partial charge in [0.25, 0.3) is 0 Å². The van der Waals surface area contributed by atoms with Crippen molar-refractivity contribution < 1.29 is 0 Å². The first-order valence-corrected chi connectivity index (χ1v) is 6.26. The van der Waals surface area contributed by atoms with E-state index in [0.29, 0.717) is 0 Å². The fourth-order valence-corrected chi connectivity index (χ4v) is 2.21. The molecule has 0 amide bonds. The molecule has 0 aliphatic heterocycles. The van der Waals surface area contributed by atoms with Crippen molar-refractivity contribution in [3.05, 3.63) is 40.7 Å². The number of rotatable bonds is 4. The molecule has 2 aromatic rings. The molecule has 1 N–H and O–H groups in total. The molecular formula is C12H15N3S. The highest BCUT2D eigenvalue weighted by Gasteiger charge is 2.02. The first kappa shape index (κ1) is 11.1. The summed E-state index contributed by atoms with van der Waals surface area (Å²) in [7, 11) is 0. The van der Waals surface area contributed by atoms with Crippen molar-refractivity contribution in [2.75, 3.05) is 5.32 Å². The summed E-state index contributed by atoms with van der Waals surface area (Å²) in [6.45, 7) is 4.93. The quantitative estimate of drug-likeness (QED) is 0.882. The van der Waals surface area contributed by atoms with E-state index in [0.717, 1.165) is 29.5 Å². The normalized spacial score (nSPS) is 10.4. The van der Waals surface area contributed by atoms with Crippen LogP contribution in [0.15, 0.2) is 23.7 Å². The first-order valence-electron chi connectivity index (χ1n) is 5.38. The molecule has 2 rings (SSSR count). The van der Waals surface area contributed by atoms with Crippen LogP contribution < -0.4 is 5.32 Å². The Balaban J connectivity index is 1.99. The molecule has 4 heteroatoms. The molecular weight excluding hydrogens is 218 g/mol. The Morgan fingerprint density at radius 2 is 2.31 bits per heavy atom. The van der Waals surface area contributed by atoms with Gasteiger partial charge in [-0.25, -0.2) is 4.98 Å². The van der Waals surface area contributed by atoms with Gasteiger partial charge in [-0.1, -0.05) is 13.0 Å². The summed E-state index contributed by atoms with van der Waals surface area (Å²) in [5, 5.41) is 6.37. The number of nitrogens with zero attached hydrogens (tertiary/aromatic N) is 2. The number of hydrogen-bond donors (Lipinski definition) is 1. The van der Waals surface area contributed by atoms with E-state index in [1.807, 2.05) is 12.3 Å². The van der Waals surface area contributed by atoms with Crippen molar-refractivity contribution in [2.24, 2.45) is 0 Å². The summed E-state index contributed by atoms with van der Waals surface area (Å²) in [5.74, 6) is 0.